The second-order valence-electron chi connectivity index (χ2n) is 4.69. The first-order valence-electron chi connectivity index (χ1n) is 6.45. The zero-order valence-corrected chi connectivity index (χ0v) is 11.2. The Morgan fingerprint density at radius 2 is 1.60 bits per heavy atom. The molecule has 2 aromatic rings. The van der Waals surface area contributed by atoms with Gasteiger partial charge in [0.25, 0.3) is 0 Å². The van der Waals surface area contributed by atoms with Crippen LogP contribution < -0.4 is 0 Å². The van der Waals surface area contributed by atoms with Crippen LogP contribution in [0.5, 0.6) is 0 Å². The van der Waals surface area contributed by atoms with Crippen LogP contribution in [0.1, 0.15) is 32.7 Å². The molecule has 0 heterocycles. The number of aryl methyl sites for hydroxylation is 1. The fourth-order valence-electron chi connectivity index (χ4n) is 2.04. The van der Waals surface area contributed by atoms with Crippen molar-refractivity contribution in [1.82, 2.24) is 0 Å². The summed E-state index contributed by atoms with van der Waals surface area (Å²) >= 11 is 0. The van der Waals surface area contributed by atoms with Gasteiger partial charge < -0.3 is 5.11 Å². The molecule has 0 fully saturated rings. The molecule has 0 amide bonds. The number of Topliss-reactive ketones (excluding diaryl/α,β-unsaturated/α-hetero) is 2. The van der Waals surface area contributed by atoms with E-state index in [4.69, 9.17) is 0 Å². The van der Waals surface area contributed by atoms with E-state index < -0.39 is 11.9 Å². The van der Waals surface area contributed by atoms with E-state index in [0.717, 1.165) is 5.56 Å². The summed E-state index contributed by atoms with van der Waals surface area (Å²) in [6.07, 6.45) is -1.50. The molecular weight excluding hydrogens is 252 g/mol. The Morgan fingerprint density at radius 3 is 2.25 bits per heavy atom. The fourth-order valence-corrected chi connectivity index (χ4v) is 2.04. The lowest BCUT2D eigenvalue weighted by Gasteiger charge is -2.10. The van der Waals surface area contributed by atoms with Crippen molar-refractivity contribution in [3.8, 4) is 0 Å². The van der Waals surface area contributed by atoms with Gasteiger partial charge in [0.1, 0.15) is 6.10 Å². The maximum atomic E-state index is 12.1. The molecule has 0 spiro atoms. The minimum absolute atomic E-state index is 0.197. The number of hydrogen-bond acceptors (Lipinski definition) is 3. The van der Waals surface area contributed by atoms with E-state index in [1.807, 2.05) is 12.1 Å². The van der Waals surface area contributed by atoms with Crippen molar-refractivity contribution in [3.05, 3.63) is 71.3 Å². The molecule has 0 saturated heterocycles. The highest BCUT2D eigenvalue weighted by atomic mass is 16.3. The maximum Gasteiger partial charge on any atom is 0.191 e. The Kier molecular flexibility index (Phi) is 4.43. The molecule has 20 heavy (non-hydrogen) atoms. The van der Waals surface area contributed by atoms with Crippen LogP contribution in [-0.4, -0.2) is 22.8 Å². The summed E-state index contributed by atoms with van der Waals surface area (Å²) in [7, 11) is 0. The molecule has 3 heteroatoms. The zero-order chi connectivity index (χ0) is 14.5. The van der Waals surface area contributed by atoms with Gasteiger partial charge in [0.2, 0.25) is 0 Å². The third-order valence-corrected chi connectivity index (χ3v) is 3.19. The van der Waals surface area contributed by atoms with Gasteiger partial charge in [-0.3, -0.25) is 9.59 Å². The third-order valence-electron chi connectivity index (χ3n) is 3.19. The van der Waals surface area contributed by atoms with Gasteiger partial charge in [-0.2, -0.15) is 0 Å². The number of aliphatic hydroxyl groups is 1. The van der Waals surface area contributed by atoms with Crippen LogP contribution in [0, 0.1) is 6.92 Å². The number of rotatable bonds is 5. The first kappa shape index (κ1) is 14.2. The molecule has 1 N–H and O–H groups in total. The monoisotopic (exact) mass is 268 g/mol. The highest BCUT2D eigenvalue weighted by Gasteiger charge is 2.22. The van der Waals surface area contributed by atoms with Crippen molar-refractivity contribution >= 4 is 11.6 Å². The second-order valence-corrected chi connectivity index (χ2v) is 4.69. The molecule has 0 aliphatic heterocycles. The van der Waals surface area contributed by atoms with Crippen molar-refractivity contribution in [3.63, 3.8) is 0 Å². The molecule has 0 unspecified atom stereocenters. The quantitative estimate of drug-likeness (QED) is 0.848. The molecule has 0 saturated carbocycles. The smallest absolute Gasteiger partial charge is 0.191 e. The van der Waals surface area contributed by atoms with Crippen molar-refractivity contribution in [2.45, 2.75) is 19.4 Å². The molecular formula is C17H16O3. The molecule has 102 valence electrons. The van der Waals surface area contributed by atoms with Gasteiger partial charge in [0.05, 0.1) is 0 Å². The van der Waals surface area contributed by atoms with E-state index in [1.165, 1.54) is 0 Å². The van der Waals surface area contributed by atoms with Crippen LogP contribution in [0.2, 0.25) is 0 Å². The summed E-state index contributed by atoms with van der Waals surface area (Å²) in [5, 5.41) is 9.96. The van der Waals surface area contributed by atoms with Crippen LogP contribution in [0.4, 0.5) is 0 Å². The Balaban J connectivity index is 2.09. The lowest BCUT2D eigenvalue weighted by molar-refractivity contribution is 0.0680. The van der Waals surface area contributed by atoms with Crippen LogP contribution in [0.3, 0.4) is 0 Å². The van der Waals surface area contributed by atoms with Crippen LogP contribution in [0.15, 0.2) is 54.6 Å². The molecule has 0 aliphatic rings. The first-order valence-corrected chi connectivity index (χ1v) is 6.45. The Morgan fingerprint density at radius 1 is 1.00 bits per heavy atom. The number of ketones is 2. The van der Waals surface area contributed by atoms with E-state index in [0.29, 0.717) is 11.1 Å². The van der Waals surface area contributed by atoms with E-state index in [1.54, 1.807) is 49.4 Å². The molecule has 0 aromatic heterocycles. The number of carbonyl (C=O) groups excluding carboxylic acids is 2. The standard InChI is InChI=1S/C17H16O3/c1-12-7-5-6-10-14(12)17(20)16(19)11-15(18)13-8-3-2-4-9-13/h2-10,16,19H,11H2,1H3/t16-/m1/s1. The summed E-state index contributed by atoms with van der Waals surface area (Å²) in [4.78, 5) is 24.1. The summed E-state index contributed by atoms with van der Waals surface area (Å²) in [6.45, 7) is 1.80. The van der Waals surface area contributed by atoms with Crippen molar-refractivity contribution in [2.75, 3.05) is 0 Å². The number of hydrogen-bond donors (Lipinski definition) is 1. The molecule has 1 atom stereocenters. The molecule has 0 aliphatic carbocycles. The van der Waals surface area contributed by atoms with Gasteiger partial charge >= 0.3 is 0 Å². The maximum absolute atomic E-state index is 12.1. The topological polar surface area (TPSA) is 54.4 Å². The SMILES string of the molecule is Cc1ccccc1C(=O)[C@H](O)CC(=O)c1ccccc1. The average molecular weight is 268 g/mol. The Bertz CT molecular complexity index is 617. The molecule has 2 aromatic carbocycles. The first-order chi connectivity index (χ1) is 9.59. The van der Waals surface area contributed by atoms with Gasteiger partial charge in [0.15, 0.2) is 11.6 Å². The van der Waals surface area contributed by atoms with Crippen molar-refractivity contribution in [2.24, 2.45) is 0 Å². The van der Waals surface area contributed by atoms with Crippen LogP contribution in [-0.2, 0) is 0 Å². The van der Waals surface area contributed by atoms with Gasteiger partial charge in [0, 0.05) is 17.5 Å². The lowest BCUT2D eigenvalue weighted by Crippen LogP contribution is -2.24. The predicted octanol–water partition coefficient (Wildman–Crippen LogP) is 2.81. The third kappa shape index (κ3) is 3.19. The normalized spacial score (nSPS) is 11.9. The van der Waals surface area contributed by atoms with E-state index >= 15 is 0 Å². The van der Waals surface area contributed by atoms with Gasteiger partial charge in [-0.25, -0.2) is 0 Å². The van der Waals surface area contributed by atoms with E-state index in [9.17, 15) is 14.7 Å². The highest BCUT2D eigenvalue weighted by Crippen LogP contribution is 2.13. The Labute approximate surface area is 117 Å². The summed E-state index contributed by atoms with van der Waals surface area (Å²) in [5.74, 6) is -0.646. The van der Waals surface area contributed by atoms with Gasteiger partial charge in [-0.05, 0) is 12.5 Å². The van der Waals surface area contributed by atoms with E-state index in [-0.39, 0.29) is 12.2 Å². The van der Waals surface area contributed by atoms with Crippen LogP contribution >= 0.6 is 0 Å². The van der Waals surface area contributed by atoms with E-state index in [2.05, 4.69) is 0 Å². The van der Waals surface area contributed by atoms with Crippen LogP contribution in [0.25, 0.3) is 0 Å². The number of aliphatic hydroxyl groups excluding tert-OH is 1. The predicted molar refractivity (Wildman–Crippen MR) is 76.9 cm³/mol. The van der Waals surface area contributed by atoms with Crippen molar-refractivity contribution in [1.29, 1.82) is 0 Å². The van der Waals surface area contributed by atoms with Gasteiger partial charge in [-0.15, -0.1) is 0 Å². The minimum atomic E-state index is -1.30. The Hall–Kier alpha value is -2.26. The molecule has 0 bridgehead atoms. The van der Waals surface area contributed by atoms with Gasteiger partial charge in [-0.1, -0.05) is 54.6 Å². The average Bonchev–Trinajstić information content (AvgIpc) is 2.48. The second kappa shape index (κ2) is 6.26. The minimum Gasteiger partial charge on any atom is -0.384 e. The molecule has 0 radical (unpaired) electrons. The number of carbonyl (C=O) groups is 2. The molecule has 3 nitrogen and oxygen atoms in total. The summed E-state index contributed by atoms with van der Waals surface area (Å²) in [5.41, 5.74) is 1.76. The largest absolute Gasteiger partial charge is 0.384 e. The summed E-state index contributed by atoms with van der Waals surface area (Å²) < 4.78 is 0. The fraction of sp³-hybridized carbons (Fsp3) is 0.176. The van der Waals surface area contributed by atoms with Crippen molar-refractivity contribution < 1.29 is 14.7 Å². The lowest BCUT2D eigenvalue weighted by atomic mass is 9.96. The summed E-state index contributed by atoms with van der Waals surface area (Å²) in [6, 6.07) is 15.7. The zero-order valence-electron chi connectivity index (χ0n) is 11.2. The number of benzene rings is 2. The highest BCUT2D eigenvalue weighted by molar-refractivity contribution is 6.05. The molecule has 2 rings (SSSR count).